The summed E-state index contributed by atoms with van der Waals surface area (Å²) in [4.78, 5) is 24.7. The van der Waals surface area contributed by atoms with Gasteiger partial charge in [-0.3, -0.25) is 0 Å². The van der Waals surface area contributed by atoms with E-state index in [1.165, 1.54) is 18.2 Å². The molecule has 3 aromatic carbocycles. The number of hydrogen-bond donors (Lipinski definition) is 2. The summed E-state index contributed by atoms with van der Waals surface area (Å²) >= 11 is 0. The van der Waals surface area contributed by atoms with Gasteiger partial charge in [0.2, 0.25) is 0 Å². The first-order valence-corrected chi connectivity index (χ1v) is 9.23. The number of hydrogen-bond acceptors (Lipinski definition) is 6. The molecule has 0 saturated heterocycles. The van der Waals surface area contributed by atoms with E-state index in [4.69, 9.17) is 20.9 Å². The lowest BCUT2D eigenvalue weighted by molar-refractivity contribution is -0.138. The van der Waals surface area contributed by atoms with Crippen LogP contribution in [-0.4, -0.2) is 11.9 Å². The average molecular weight is 484 g/mol. The maximum Gasteiger partial charge on any atom is 0.417 e. The summed E-state index contributed by atoms with van der Waals surface area (Å²) in [5.74, 6) is -3.41. The van der Waals surface area contributed by atoms with E-state index in [0.29, 0.717) is 12.1 Å². The Bertz CT molecular complexity index is 1160. The van der Waals surface area contributed by atoms with Crippen LogP contribution in [0.2, 0.25) is 0 Å². The number of esters is 2. The van der Waals surface area contributed by atoms with Crippen molar-refractivity contribution in [2.24, 2.45) is 0 Å². The molecule has 12 heteroatoms. The second kappa shape index (κ2) is 8.96. The minimum Gasteiger partial charge on any atom is -0.423 e. The molecule has 6 nitrogen and oxygen atoms in total. The van der Waals surface area contributed by atoms with Crippen LogP contribution in [0.3, 0.4) is 0 Å². The summed E-state index contributed by atoms with van der Waals surface area (Å²) in [6, 6.07) is 9.48. The van der Waals surface area contributed by atoms with E-state index in [-0.39, 0.29) is 22.9 Å². The van der Waals surface area contributed by atoms with Crippen LogP contribution in [0.25, 0.3) is 0 Å². The molecular weight excluding hydrogens is 470 g/mol. The van der Waals surface area contributed by atoms with Gasteiger partial charge in [-0.25, -0.2) is 9.59 Å². The van der Waals surface area contributed by atoms with Crippen LogP contribution in [0.5, 0.6) is 11.5 Å². The number of rotatable bonds is 4. The third-order valence-electron chi connectivity index (χ3n) is 4.36. The lowest BCUT2D eigenvalue weighted by Crippen LogP contribution is -2.18. The molecule has 0 radical (unpaired) electrons. The molecule has 0 bridgehead atoms. The zero-order valence-electron chi connectivity index (χ0n) is 16.8. The van der Waals surface area contributed by atoms with E-state index in [1.807, 2.05) is 0 Å². The van der Waals surface area contributed by atoms with Crippen LogP contribution in [0.15, 0.2) is 60.7 Å². The predicted molar refractivity (Wildman–Crippen MR) is 108 cm³/mol. The highest BCUT2D eigenvalue weighted by Gasteiger charge is 2.37. The first kappa shape index (κ1) is 24.4. The Morgan fingerprint density at radius 2 is 1.00 bits per heavy atom. The lowest BCUT2D eigenvalue weighted by Gasteiger charge is -2.14. The van der Waals surface area contributed by atoms with E-state index < -0.39 is 46.5 Å². The Morgan fingerprint density at radius 3 is 1.35 bits per heavy atom. The van der Waals surface area contributed by atoms with E-state index in [9.17, 15) is 35.9 Å². The summed E-state index contributed by atoms with van der Waals surface area (Å²) in [5, 5.41) is 0. The molecule has 0 aliphatic heterocycles. The Labute approximate surface area is 187 Å². The molecule has 0 spiro atoms. The molecule has 0 atom stereocenters. The van der Waals surface area contributed by atoms with Gasteiger partial charge in [0.1, 0.15) is 11.5 Å². The maximum absolute atomic E-state index is 13.2. The van der Waals surface area contributed by atoms with Gasteiger partial charge >= 0.3 is 24.3 Å². The molecule has 0 heterocycles. The highest BCUT2D eigenvalue weighted by Crippen LogP contribution is 2.35. The van der Waals surface area contributed by atoms with Crippen LogP contribution in [0.4, 0.5) is 37.7 Å². The first-order valence-electron chi connectivity index (χ1n) is 9.23. The Kier molecular flexibility index (Phi) is 6.44. The molecule has 0 aromatic heterocycles. The fourth-order valence-corrected chi connectivity index (χ4v) is 2.87. The Hall–Kier alpha value is -4.22. The molecular formula is C22H14F6N2O4. The Morgan fingerprint density at radius 1 is 0.618 bits per heavy atom. The van der Waals surface area contributed by atoms with E-state index in [1.54, 1.807) is 0 Å². The summed E-state index contributed by atoms with van der Waals surface area (Å²) in [6.45, 7) is 0. The van der Waals surface area contributed by atoms with Crippen LogP contribution in [-0.2, 0) is 12.4 Å². The molecule has 0 amide bonds. The number of nitrogen functional groups attached to an aromatic ring is 2. The molecule has 4 N–H and O–H groups in total. The van der Waals surface area contributed by atoms with Gasteiger partial charge in [-0.15, -0.1) is 0 Å². The summed E-state index contributed by atoms with van der Waals surface area (Å²) in [6.07, 6.45) is -9.78. The Balaban J connectivity index is 1.84. The highest BCUT2D eigenvalue weighted by atomic mass is 19.4. The van der Waals surface area contributed by atoms with Crippen molar-refractivity contribution < 1.29 is 45.4 Å². The highest BCUT2D eigenvalue weighted by molar-refractivity contribution is 5.94. The minimum absolute atomic E-state index is 0.223. The molecule has 178 valence electrons. The van der Waals surface area contributed by atoms with Gasteiger partial charge in [0, 0.05) is 17.4 Å². The number of carbonyl (C=O) groups excluding carboxylic acids is 2. The van der Waals surface area contributed by atoms with Crippen molar-refractivity contribution in [3.05, 3.63) is 82.9 Å². The fraction of sp³-hybridized carbons (Fsp3) is 0.0909. The maximum atomic E-state index is 13.2. The monoisotopic (exact) mass is 484 g/mol. The SMILES string of the molecule is Nc1ccc(C(=O)Oc2cccc(OC(=O)c3ccc(N)cc3C(F)(F)F)c2)c(C(F)(F)F)c1. The van der Waals surface area contributed by atoms with Crippen molar-refractivity contribution >= 4 is 23.3 Å². The van der Waals surface area contributed by atoms with E-state index in [2.05, 4.69) is 0 Å². The summed E-state index contributed by atoms with van der Waals surface area (Å²) < 4.78 is 89.2. The van der Waals surface area contributed by atoms with Gasteiger partial charge in [-0.05, 0) is 48.5 Å². The van der Waals surface area contributed by atoms with Gasteiger partial charge < -0.3 is 20.9 Å². The molecule has 34 heavy (non-hydrogen) atoms. The third-order valence-corrected chi connectivity index (χ3v) is 4.36. The summed E-state index contributed by atoms with van der Waals surface area (Å²) in [7, 11) is 0. The second-order valence-corrected chi connectivity index (χ2v) is 6.86. The van der Waals surface area contributed by atoms with Crippen LogP contribution in [0, 0.1) is 0 Å². The van der Waals surface area contributed by atoms with Gasteiger partial charge in [-0.1, -0.05) is 6.07 Å². The molecule has 0 saturated carbocycles. The molecule has 3 rings (SSSR count). The van der Waals surface area contributed by atoms with E-state index >= 15 is 0 Å². The smallest absolute Gasteiger partial charge is 0.417 e. The zero-order valence-corrected chi connectivity index (χ0v) is 16.8. The molecule has 0 unspecified atom stereocenters. The van der Waals surface area contributed by atoms with Crippen molar-refractivity contribution in [2.75, 3.05) is 11.5 Å². The number of anilines is 2. The number of ether oxygens (including phenoxy) is 2. The van der Waals surface area contributed by atoms with Crippen LogP contribution < -0.4 is 20.9 Å². The van der Waals surface area contributed by atoms with E-state index in [0.717, 1.165) is 30.3 Å². The number of benzene rings is 3. The fourth-order valence-electron chi connectivity index (χ4n) is 2.87. The first-order chi connectivity index (χ1) is 15.8. The minimum atomic E-state index is -4.89. The van der Waals surface area contributed by atoms with Crippen LogP contribution >= 0.6 is 0 Å². The normalized spacial score (nSPS) is 11.7. The molecule has 0 aliphatic carbocycles. The standard InChI is InChI=1S/C22H14F6N2O4/c23-21(24,25)17-8-11(29)4-6-15(17)19(31)33-13-2-1-3-14(10-13)34-20(32)16-7-5-12(30)9-18(16)22(26,27)28/h1-10H,29-30H2. The molecule has 0 aliphatic rings. The largest absolute Gasteiger partial charge is 0.423 e. The van der Waals surface area contributed by atoms with Crippen molar-refractivity contribution in [2.45, 2.75) is 12.4 Å². The topological polar surface area (TPSA) is 105 Å². The van der Waals surface area contributed by atoms with Gasteiger partial charge in [0.05, 0.1) is 22.3 Å². The quantitative estimate of drug-likeness (QED) is 0.225. The average Bonchev–Trinajstić information content (AvgIpc) is 2.72. The van der Waals surface area contributed by atoms with Gasteiger partial charge in [0.25, 0.3) is 0 Å². The lowest BCUT2D eigenvalue weighted by atomic mass is 10.1. The molecule has 0 fully saturated rings. The second-order valence-electron chi connectivity index (χ2n) is 6.86. The number of alkyl halides is 6. The third kappa shape index (κ3) is 5.57. The van der Waals surface area contributed by atoms with Crippen molar-refractivity contribution in [3.63, 3.8) is 0 Å². The van der Waals surface area contributed by atoms with Gasteiger partial charge in [0.15, 0.2) is 0 Å². The number of carbonyl (C=O) groups is 2. The summed E-state index contributed by atoms with van der Waals surface area (Å²) in [5.41, 5.74) is 6.00. The predicted octanol–water partition coefficient (Wildman–Crippen LogP) is 5.33. The van der Waals surface area contributed by atoms with Crippen molar-refractivity contribution in [3.8, 4) is 11.5 Å². The van der Waals surface area contributed by atoms with Crippen LogP contribution in [0.1, 0.15) is 31.8 Å². The van der Waals surface area contributed by atoms with Gasteiger partial charge in [-0.2, -0.15) is 26.3 Å². The zero-order chi connectivity index (χ0) is 25.3. The number of nitrogens with two attached hydrogens (primary N) is 2. The molecule has 3 aromatic rings. The van der Waals surface area contributed by atoms with Crippen molar-refractivity contribution in [1.82, 2.24) is 0 Å². The van der Waals surface area contributed by atoms with Crippen molar-refractivity contribution in [1.29, 1.82) is 0 Å². The number of halogens is 6.